The minimum Gasteiger partial charge on any atom is -0.459 e. The van der Waals surface area contributed by atoms with Crippen LogP contribution in [0.5, 0.6) is 0 Å². The molecule has 98 valence electrons. The maximum absolute atomic E-state index is 12.0. The van der Waals surface area contributed by atoms with E-state index in [-0.39, 0.29) is 12.1 Å². The van der Waals surface area contributed by atoms with E-state index in [9.17, 15) is 4.79 Å². The van der Waals surface area contributed by atoms with Crippen LogP contribution < -0.4 is 0 Å². The Labute approximate surface area is 109 Å². The van der Waals surface area contributed by atoms with Crippen molar-refractivity contribution >= 4 is 5.97 Å². The number of carbonyl (C=O) groups is 1. The van der Waals surface area contributed by atoms with Crippen LogP contribution >= 0.6 is 0 Å². The summed E-state index contributed by atoms with van der Waals surface area (Å²) >= 11 is 0. The molecule has 1 saturated heterocycles. The van der Waals surface area contributed by atoms with Gasteiger partial charge in [0.05, 0.1) is 5.56 Å². The van der Waals surface area contributed by atoms with Crippen LogP contribution in [0.2, 0.25) is 0 Å². The van der Waals surface area contributed by atoms with Crippen molar-refractivity contribution in [2.75, 3.05) is 7.05 Å². The maximum atomic E-state index is 12.0. The fraction of sp³-hybridized carbons (Fsp3) is 0.533. The van der Waals surface area contributed by atoms with Crippen LogP contribution in [0.15, 0.2) is 30.3 Å². The Morgan fingerprint density at radius 1 is 1.17 bits per heavy atom. The number of likely N-dealkylation sites (tertiary alicyclic amines) is 1. The largest absolute Gasteiger partial charge is 0.459 e. The van der Waals surface area contributed by atoms with E-state index in [1.54, 1.807) is 12.1 Å². The number of piperidine rings is 1. The zero-order valence-electron chi connectivity index (χ0n) is 11.3. The molecule has 0 aliphatic carbocycles. The van der Waals surface area contributed by atoms with Crippen molar-refractivity contribution in [1.82, 2.24) is 4.90 Å². The van der Waals surface area contributed by atoms with Crippen molar-refractivity contribution < 1.29 is 9.53 Å². The Bertz CT molecular complexity index is 392. The van der Waals surface area contributed by atoms with Gasteiger partial charge in [-0.15, -0.1) is 0 Å². The standard InChI is InChI=1S/C15H21NO2/c1-11-9-14(10-12(2)16(11)3)18-15(17)13-7-5-4-6-8-13/h4-8,11-12,14H,9-10H2,1-3H3/t11-,12-/m1/s1. The van der Waals surface area contributed by atoms with Crippen LogP contribution in [0.25, 0.3) is 0 Å². The lowest BCUT2D eigenvalue weighted by Gasteiger charge is -2.39. The van der Waals surface area contributed by atoms with E-state index in [1.165, 1.54) is 0 Å². The summed E-state index contributed by atoms with van der Waals surface area (Å²) in [4.78, 5) is 14.3. The van der Waals surface area contributed by atoms with Crippen LogP contribution in [0.1, 0.15) is 37.0 Å². The third-order valence-electron chi connectivity index (χ3n) is 3.88. The summed E-state index contributed by atoms with van der Waals surface area (Å²) in [5.41, 5.74) is 0.636. The molecule has 2 rings (SSSR count). The molecule has 0 unspecified atom stereocenters. The number of ether oxygens (including phenoxy) is 1. The van der Waals surface area contributed by atoms with Gasteiger partial charge in [0.15, 0.2) is 0 Å². The molecule has 0 spiro atoms. The highest BCUT2D eigenvalue weighted by atomic mass is 16.5. The molecule has 0 radical (unpaired) electrons. The van der Waals surface area contributed by atoms with Gasteiger partial charge in [0, 0.05) is 12.1 Å². The van der Waals surface area contributed by atoms with Gasteiger partial charge >= 0.3 is 5.97 Å². The predicted octanol–water partition coefficient (Wildman–Crippen LogP) is 2.71. The van der Waals surface area contributed by atoms with Crippen molar-refractivity contribution in [3.05, 3.63) is 35.9 Å². The van der Waals surface area contributed by atoms with Gasteiger partial charge in [0.2, 0.25) is 0 Å². The number of hydrogen-bond acceptors (Lipinski definition) is 3. The zero-order valence-corrected chi connectivity index (χ0v) is 11.3. The summed E-state index contributed by atoms with van der Waals surface area (Å²) in [6, 6.07) is 10.1. The van der Waals surface area contributed by atoms with E-state index in [2.05, 4.69) is 25.8 Å². The number of nitrogens with zero attached hydrogens (tertiary/aromatic N) is 1. The SMILES string of the molecule is C[C@@H]1CC(OC(=O)c2ccccc2)C[C@@H](C)N1C. The maximum Gasteiger partial charge on any atom is 0.338 e. The molecule has 0 amide bonds. The lowest BCUT2D eigenvalue weighted by molar-refractivity contribution is -0.00969. The monoisotopic (exact) mass is 247 g/mol. The van der Waals surface area contributed by atoms with Crippen LogP contribution in [0, 0.1) is 0 Å². The minimum atomic E-state index is -0.204. The Morgan fingerprint density at radius 3 is 2.28 bits per heavy atom. The van der Waals surface area contributed by atoms with Crippen molar-refractivity contribution in [3.8, 4) is 0 Å². The normalized spacial score (nSPS) is 28.9. The van der Waals surface area contributed by atoms with Crippen LogP contribution in [-0.4, -0.2) is 36.1 Å². The molecule has 1 aromatic carbocycles. The summed E-state index contributed by atoms with van der Waals surface area (Å²) in [6.07, 6.45) is 1.87. The third kappa shape index (κ3) is 2.91. The van der Waals surface area contributed by atoms with Crippen LogP contribution in [0.3, 0.4) is 0 Å². The lowest BCUT2D eigenvalue weighted by Crippen LogP contribution is -2.46. The molecule has 1 aliphatic rings. The Kier molecular flexibility index (Phi) is 4.02. The first-order valence-electron chi connectivity index (χ1n) is 6.56. The molecule has 1 heterocycles. The first-order chi connectivity index (χ1) is 8.58. The number of hydrogen-bond donors (Lipinski definition) is 0. The van der Waals surface area contributed by atoms with Crippen molar-refractivity contribution in [2.45, 2.75) is 44.9 Å². The molecule has 1 aliphatic heterocycles. The summed E-state index contributed by atoms with van der Waals surface area (Å²) in [7, 11) is 2.13. The zero-order chi connectivity index (χ0) is 13.1. The Balaban J connectivity index is 1.96. The van der Waals surface area contributed by atoms with Crippen molar-refractivity contribution in [2.24, 2.45) is 0 Å². The summed E-state index contributed by atoms with van der Waals surface area (Å²) < 4.78 is 5.60. The highest BCUT2D eigenvalue weighted by Gasteiger charge is 2.30. The van der Waals surface area contributed by atoms with Crippen LogP contribution in [-0.2, 0) is 4.74 Å². The molecule has 3 nitrogen and oxygen atoms in total. The number of esters is 1. The molecule has 1 aromatic rings. The van der Waals surface area contributed by atoms with Gasteiger partial charge in [-0.1, -0.05) is 18.2 Å². The number of rotatable bonds is 2. The number of benzene rings is 1. The van der Waals surface area contributed by atoms with Gasteiger partial charge < -0.3 is 9.64 Å². The second-order valence-electron chi connectivity index (χ2n) is 5.23. The highest BCUT2D eigenvalue weighted by molar-refractivity contribution is 5.89. The van der Waals surface area contributed by atoms with Gasteiger partial charge in [-0.3, -0.25) is 0 Å². The molecular formula is C15H21NO2. The molecule has 2 atom stereocenters. The second-order valence-corrected chi connectivity index (χ2v) is 5.23. The fourth-order valence-electron chi connectivity index (χ4n) is 2.51. The average Bonchev–Trinajstić information content (AvgIpc) is 2.37. The topological polar surface area (TPSA) is 29.5 Å². The predicted molar refractivity (Wildman–Crippen MR) is 71.6 cm³/mol. The summed E-state index contributed by atoms with van der Waals surface area (Å²) in [5.74, 6) is -0.204. The Morgan fingerprint density at radius 2 is 1.72 bits per heavy atom. The molecule has 0 N–H and O–H groups in total. The lowest BCUT2D eigenvalue weighted by atomic mass is 9.95. The van der Waals surface area contributed by atoms with Crippen molar-refractivity contribution in [1.29, 1.82) is 0 Å². The Hall–Kier alpha value is -1.35. The molecule has 0 bridgehead atoms. The first-order valence-corrected chi connectivity index (χ1v) is 6.56. The molecule has 0 saturated carbocycles. The minimum absolute atomic E-state index is 0.0407. The third-order valence-corrected chi connectivity index (χ3v) is 3.88. The first kappa shape index (κ1) is 13.1. The van der Waals surface area contributed by atoms with Crippen molar-refractivity contribution in [3.63, 3.8) is 0 Å². The molecule has 18 heavy (non-hydrogen) atoms. The molecular weight excluding hydrogens is 226 g/mol. The second kappa shape index (κ2) is 5.53. The summed E-state index contributed by atoms with van der Waals surface area (Å²) in [6.45, 7) is 4.36. The quantitative estimate of drug-likeness (QED) is 0.753. The van der Waals surface area contributed by atoms with E-state index in [0.29, 0.717) is 17.6 Å². The van der Waals surface area contributed by atoms with E-state index in [4.69, 9.17) is 4.74 Å². The van der Waals surface area contributed by atoms with Gasteiger partial charge in [0.1, 0.15) is 6.10 Å². The van der Waals surface area contributed by atoms with E-state index < -0.39 is 0 Å². The molecule has 0 aromatic heterocycles. The smallest absolute Gasteiger partial charge is 0.338 e. The van der Waals surface area contributed by atoms with Crippen LogP contribution in [0.4, 0.5) is 0 Å². The van der Waals surface area contributed by atoms with E-state index >= 15 is 0 Å². The summed E-state index contributed by atoms with van der Waals surface area (Å²) in [5, 5.41) is 0. The fourth-order valence-corrected chi connectivity index (χ4v) is 2.51. The number of carbonyl (C=O) groups excluding carboxylic acids is 1. The average molecular weight is 247 g/mol. The van der Waals surface area contributed by atoms with Gasteiger partial charge in [-0.2, -0.15) is 0 Å². The van der Waals surface area contributed by atoms with Gasteiger partial charge in [-0.25, -0.2) is 4.79 Å². The molecule has 3 heteroatoms. The van der Waals surface area contributed by atoms with E-state index in [0.717, 1.165) is 12.8 Å². The van der Waals surface area contributed by atoms with Gasteiger partial charge in [0.25, 0.3) is 0 Å². The van der Waals surface area contributed by atoms with E-state index in [1.807, 2.05) is 18.2 Å². The van der Waals surface area contributed by atoms with Gasteiger partial charge in [-0.05, 0) is 45.9 Å². The molecule has 1 fully saturated rings. The highest BCUT2D eigenvalue weighted by Crippen LogP contribution is 2.24.